The van der Waals surface area contributed by atoms with Gasteiger partial charge in [0.05, 0.1) is 12.0 Å². The second-order valence-electron chi connectivity index (χ2n) is 5.26. The molecule has 0 spiro atoms. The molecular formula is C16H20N2. The molecule has 2 heteroatoms. The standard InChI is InChI=1S/C16H20N2/c1-12(11-17)16-14(8-9-18(2)3)10-13-6-4-5-7-15(13)16/h4-7,12H,8-10H2,1-3H3. The van der Waals surface area contributed by atoms with E-state index < -0.39 is 0 Å². The van der Waals surface area contributed by atoms with E-state index in [1.165, 1.54) is 22.3 Å². The van der Waals surface area contributed by atoms with Crippen molar-refractivity contribution in [3.8, 4) is 6.07 Å². The summed E-state index contributed by atoms with van der Waals surface area (Å²) in [4.78, 5) is 2.20. The summed E-state index contributed by atoms with van der Waals surface area (Å²) < 4.78 is 0. The van der Waals surface area contributed by atoms with Crippen molar-refractivity contribution in [2.75, 3.05) is 20.6 Å². The zero-order valence-corrected chi connectivity index (χ0v) is 11.4. The molecule has 1 unspecified atom stereocenters. The van der Waals surface area contributed by atoms with Gasteiger partial charge in [0, 0.05) is 6.54 Å². The molecule has 0 N–H and O–H groups in total. The van der Waals surface area contributed by atoms with Crippen LogP contribution < -0.4 is 0 Å². The van der Waals surface area contributed by atoms with Crippen molar-refractivity contribution in [3.05, 3.63) is 41.0 Å². The fourth-order valence-corrected chi connectivity index (χ4v) is 2.64. The molecule has 0 saturated heterocycles. The Morgan fingerprint density at radius 1 is 1.33 bits per heavy atom. The van der Waals surface area contributed by atoms with Gasteiger partial charge in [0.2, 0.25) is 0 Å². The smallest absolute Gasteiger partial charge is 0.0701 e. The third-order valence-corrected chi connectivity index (χ3v) is 3.58. The lowest BCUT2D eigenvalue weighted by Gasteiger charge is -2.13. The van der Waals surface area contributed by atoms with Crippen molar-refractivity contribution in [1.29, 1.82) is 5.26 Å². The van der Waals surface area contributed by atoms with Crippen LogP contribution in [0.2, 0.25) is 0 Å². The van der Waals surface area contributed by atoms with Crippen molar-refractivity contribution in [1.82, 2.24) is 4.90 Å². The Morgan fingerprint density at radius 2 is 2.06 bits per heavy atom. The summed E-state index contributed by atoms with van der Waals surface area (Å²) >= 11 is 0. The topological polar surface area (TPSA) is 27.0 Å². The molecule has 0 aliphatic heterocycles. The SMILES string of the molecule is CC(C#N)C1=C(CCN(C)C)Cc2ccccc21. The van der Waals surface area contributed by atoms with Crippen LogP contribution in [0.25, 0.3) is 5.57 Å². The molecule has 18 heavy (non-hydrogen) atoms. The Bertz CT molecular complexity index is 506. The number of benzene rings is 1. The first kappa shape index (κ1) is 12.9. The lowest BCUT2D eigenvalue weighted by molar-refractivity contribution is 0.412. The molecule has 1 aromatic rings. The molecule has 0 bridgehead atoms. The zero-order chi connectivity index (χ0) is 13.1. The minimum Gasteiger partial charge on any atom is -0.309 e. The molecule has 1 aromatic carbocycles. The number of hydrogen-bond donors (Lipinski definition) is 0. The maximum atomic E-state index is 9.22. The van der Waals surface area contributed by atoms with Crippen molar-refractivity contribution in [2.24, 2.45) is 5.92 Å². The summed E-state index contributed by atoms with van der Waals surface area (Å²) in [5.41, 5.74) is 5.39. The Balaban J connectivity index is 2.33. The highest BCUT2D eigenvalue weighted by atomic mass is 15.0. The van der Waals surface area contributed by atoms with Crippen molar-refractivity contribution in [3.63, 3.8) is 0 Å². The van der Waals surface area contributed by atoms with E-state index in [-0.39, 0.29) is 5.92 Å². The predicted octanol–water partition coefficient (Wildman–Crippen LogP) is 3.11. The average Bonchev–Trinajstić information content (AvgIpc) is 2.73. The maximum absolute atomic E-state index is 9.22. The van der Waals surface area contributed by atoms with E-state index in [4.69, 9.17) is 0 Å². The first-order chi connectivity index (χ1) is 8.63. The van der Waals surface area contributed by atoms with Crippen LogP contribution in [0.15, 0.2) is 29.8 Å². The van der Waals surface area contributed by atoms with Crippen LogP contribution in [0.3, 0.4) is 0 Å². The van der Waals surface area contributed by atoms with E-state index in [1.807, 2.05) is 6.92 Å². The van der Waals surface area contributed by atoms with Crippen LogP contribution in [0, 0.1) is 17.2 Å². The second kappa shape index (κ2) is 5.37. The van der Waals surface area contributed by atoms with Crippen molar-refractivity contribution >= 4 is 5.57 Å². The maximum Gasteiger partial charge on any atom is 0.0701 e. The van der Waals surface area contributed by atoms with Gasteiger partial charge in [-0.2, -0.15) is 5.26 Å². The monoisotopic (exact) mass is 240 g/mol. The number of nitrogens with zero attached hydrogens (tertiary/aromatic N) is 2. The number of allylic oxidation sites excluding steroid dienone is 1. The van der Waals surface area contributed by atoms with E-state index >= 15 is 0 Å². The summed E-state index contributed by atoms with van der Waals surface area (Å²) in [6.45, 7) is 3.05. The molecule has 1 atom stereocenters. The van der Waals surface area contributed by atoms with E-state index in [2.05, 4.69) is 49.3 Å². The summed E-state index contributed by atoms with van der Waals surface area (Å²) in [5.74, 6) is -0.00851. The minimum atomic E-state index is -0.00851. The Kier molecular flexibility index (Phi) is 3.84. The van der Waals surface area contributed by atoms with Crippen molar-refractivity contribution in [2.45, 2.75) is 19.8 Å². The predicted molar refractivity (Wildman–Crippen MR) is 75.0 cm³/mol. The summed E-state index contributed by atoms with van der Waals surface area (Å²) in [6.07, 6.45) is 2.08. The summed E-state index contributed by atoms with van der Waals surface area (Å²) in [6, 6.07) is 10.9. The van der Waals surface area contributed by atoms with Gasteiger partial charge in [0.1, 0.15) is 0 Å². The van der Waals surface area contributed by atoms with Gasteiger partial charge in [-0.05, 0) is 50.6 Å². The zero-order valence-electron chi connectivity index (χ0n) is 11.4. The lowest BCUT2D eigenvalue weighted by Crippen LogP contribution is -2.14. The van der Waals surface area contributed by atoms with Gasteiger partial charge in [0.15, 0.2) is 0 Å². The molecule has 0 amide bonds. The molecule has 1 aliphatic carbocycles. The highest BCUT2D eigenvalue weighted by Gasteiger charge is 2.24. The number of nitriles is 1. The quantitative estimate of drug-likeness (QED) is 0.808. The van der Waals surface area contributed by atoms with Gasteiger partial charge in [-0.15, -0.1) is 0 Å². The minimum absolute atomic E-state index is 0.00851. The average molecular weight is 240 g/mol. The van der Waals surface area contributed by atoms with Gasteiger partial charge in [-0.3, -0.25) is 0 Å². The summed E-state index contributed by atoms with van der Waals surface area (Å²) in [5, 5.41) is 9.22. The molecule has 2 nitrogen and oxygen atoms in total. The normalized spacial score (nSPS) is 15.7. The summed E-state index contributed by atoms with van der Waals surface area (Å²) in [7, 11) is 4.19. The third-order valence-electron chi connectivity index (χ3n) is 3.58. The molecule has 2 rings (SSSR count). The second-order valence-corrected chi connectivity index (χ2v) is 5.26. The number of rotatable bonds is 4. The molecule has 94 valence electrons. The van der Waals surface area contributed by atoms with Crippen molar-refractivity contribution < 1.29 is 0 Å². The van der Waals surface area contributed by atoms with Crippen LogP contribution in [0.5, 0.6) is 0 Å². The molecule has 0 radical (unpaired) electrons. The van der Waals surface area contributed by atoms with Crippen LogP contribution in [-0.2, 0) is 6.42 Å². The highest BCUT2D eigenvalue weighted by Crippen LogP contribution is 2.38. The Labute approximate surface area is 110 Å². The van der Waals surface area contributed by atoms with Gasteiger partial charge in [-0.25, -0.2) is 0 Å². The van der Waals surface area contributed by atoms with Gasteiger partial charge >= 0.3 is 0 Å². The lowest BCUT2D eigenvalue weighted by atomic mass is 9.93. The molecule has 0 heterocycles. The fraction of sp³-hybridized carbons (Fsp3) is 0.438. The third kappa shape index (κ3) is 2.47. The Hall–Kier alpha value is -1.59. The first-order valence-corrected chi connectivity index (χ1v) is 6.48. The van der Waals surface area contributed by atoms with Crippen LogP contribution in [0.4, 0.5) is 0 Å². The largest absolute Gasteiger partial charge is 0.309 e. The van der Waals surface area contributed by atoms with Gasteiger partial charge in [0.25, 0.3) is 0 Å². The number of fused-ring (bicyclic) bond motifs is 1. The molecule has 1 aliphatic rings. The van der Waals surface area contributed by atoms with Crippen LogP contribution in [-0.4, -0.2) is 25.5 Å². The molecule has 0 saturated carbocycles. The van der Waals surface area contributed by atoms with Gasteiger partial charge < -0.3 is 4.90 Å². The first-order valence-electron chi connectivity index (χ1n) is 6.48. The number of hydrogen-bond acceptors (Lipinski definition) is 2. The van der Waals surface area contributed by atoms with E-state index in [1.54, 1.807) is 0 Å². The fourth-order valence-electron chi connectivity index (χ4n) is 2.64. The molecule has 0 aromatic heterocycles. The van der Waals surface area contributed by atoms with E-state index in [0.29, 0.717) is 0 Å². The Morgan fingerprint density at radius 3 is 2.72 bits per heavy atom. The van der Waals surface area contributed by atoms with E-state index in [0.717, 1.165) is 19.4 Å². The van der Waals surface area contributed by atoms with Gasteiger partial charge in [-0.1, -0.05) is 29.8 Å². The van der Waals surface area contributed by atoms with Crippen LogP contribution >= 0.6 is 0 Å². The van der Waals surface area contributed by atoms with Crippen LogP contribution in [0.1, 0.15) is 24.5 Å². The van der Waals surface area contributed by atoms with E-state index in [9.17, 15) is 5.26 Å². The highest BCUT2D eigenvalue weighted by molar-refractivity contribution is 5.78. The molecule has 0 fully saturated rings. The molecular weight excluding hydrogens is 220 g/mol.